The summed E-state index contributed by atoms with van der Waals surface area (Å²) in [6.07, 6.45) is 0. The maximum Gasteiger partial charge on any atom is 0.143 e. The average Bonchev–Trinajstić information content (AvgIpc) is 2.73. The molecule has 18 heavy (non-hydrogen) atoms. The van der Waals surface area contributed by atoms with Crippen molar-refractivity contribution in [1.82, 2.24) is 5.16 Å². The van der Waals surface area contributed by atoms with Gasteiger partial charge in [0.1, 0.15) is 23.8 Å². The van der Waals surface area contributed by atoms with Gasteiger partial charge in [-0.05, 0) is 19.1 Å². The number of hydrogen-bond donors (Lipinski definition) is 1. The summed E-state index contributed by atoms with van der Waals surface area (Å²) in [4.78, 5) is 0. The molecule has 6 heteroatoms. The standard InChI is InChI=1S/C12H12Cl2N2O2/c1-7-2-10(16-18-7)6-17-12-8(5-15)3-9(13)4-11(12)14/h2-4H,5-6,15H2,1H3. The predicted octanol–water partition coefficient (Wildman–Crippen LogP) is 3.33. The van der Waals surface area contributed by atoms with Crippen LogP contribution < -0.4 is 10.5 Å². The first-order chi connectivity index (χ1) is 8.60. The summed E-state index contributed by atoms with van der Waals surface area (Å²) < 4.78 is 10.6. The van der Waals surface area contributed by atoms with Crippen molar-refractivity contribution in [3.05, 3.63) is 45.3 Å². The molecule has 0 radical (unpaired) electrons. The van der Waals surface area contributed by atoms with Crippen LogP contribution in [0.25, 0.3) is 0 Å². The number of rotatable bonds is 4. The smallest absolute Gasteiger partial charge is 0.143 e. The van der Waals surface area contributed by atoms with Crippen LogP contribution in [0.4, 0.5) is 0 Å². The summed E-state index contributed by atoms with van der Waals surface area (Å²) in [5, 5.41) is 4.80. The molecule has 0 saturated heterocycles. The van der Waals surface area contributed by atoms with E-state index in [9.17, 15) is 0 Å². The molecule has 0 spiro atoms. The number of halogens is 2. The Balaban J connectivity index is 2.18. The first-order valence-corrected chi connectivity index (χ1v) is 6.08. The van der Waals surface area contributed by atoms with E-state index in [1.54, 1.807) is 18.2 Å². The average molecular weight is 287 g/mol. The maximum atomic E-state index is 6.08. The lowest BCUT2D eigenvalue weighted by atomic mass is 10.2. The molecule has 2 aromatic rings. The van der Waals surface area contributed by atoms with E-state index in [2.05, 4.69) is 5.16 Å². The summed E-state index contributed by atoms with van der Waals surface area (Å²) >= 11 is 12.0. The third-order valence-electron chi connectivity index (χ3n) is 2.35. The Kier molecular flexibility index (Phi) is 4.11. The Labute approximate surface area is 115 Å². The summed E-state index contributed by atoms with van der Waals surface area (Å²) in [5.74, 6) is 1.26. The van der Waals surface area contributed by atoms with Gasteiger partial charge in [-0.2, -0.15) is 0 Å². The molecule has 96 valence electrons. The highest BCUT2D eigenvalue weighted by Gasteiger charge is 2.11. The van der Waals surface area contributed by atoms with Crippen molar-refractivity contribution < 1.29 is 9.26 Å². The highest BCUT2D eigenvalue weighted by Crippen LogP contribution is 2.32. The van der Waals surface area contributed by atoms with E-state index >= 15 is 0 Å². The molecule has 1 heterocycles. The number of ether oxygens (including phenoxy) is 1. The molecule has 0 aliphatic rings. The van der Waals surface area contributed by atoms with Gasteiger partial charge in [-0.25, -0.2) is 0 Å². The molecule has 4 nitrogen and oxygen atoms in total. The zero-order valence-electron chi connectivity index (χ0n) is 9.74. The summed E-state index contributed by atoms with van der Waals surface area (Å²) in [6.45, 7) is 2.39. The normalized spacial score (nSPS) is 10.7. The molecule has 0 aliphatic carbocycles. The lowest BCUT2D eigenvalue weighted by Crippen LogP contribution is -2.03. The number of aromatic nitrogens is 1. The molecule has 1 aromatic carbocycles. The number of aryl methyl sites for hydroxylation is 1. The highest BCUT2D eigenvalue weighted by atomic mass is 35.5. The Morgan fingerprint density at radius 2 is 2.11 bits per heavy atom. The molecular weight excluding hydrogens is 275 g/mol. The largest absolute Gasteiger partial charge is 0.485 e. The van der Waals surface area contributed by atoms with E-state index in [0.717, 1.165) is 11.3 Å². The fourth-order valence-electron chi connectivity index (χ4n) is 1.56. The van der Waals surface area contributed by atoms with Crippen LogP contribution >= 0.6 is 23.2 Å². The van der Waals surface area contributed by atoms with Gasteiger partial charge in [-0.1, -0.05) is 28.4 Å². The van der Waals surface area contributed by atoms with Crippen LogP contribution in [-0.4, -0.2) is 5.16 Å². The van der Waals surface area contributed by atoms with Crippen LogP contribution in [0.15, 0.2) is 22.7 Å². The highest BCUT2D eigenvalue weighted by molar-refractivity contribution is 6.35. The van der Waals surface area contributed by atoms with Crippen LogP contribution in [0.2, 0.25) is 10.0 Å². The van der Waals surface area contributed by atoms with Crippen molar-refractivity contribution >= 4 is 23.2 Å². The van der Waals surface area contributed by atoms with Gasteiger partial charge in [0.25, 0.3) is 0 Å². The van der Waals surface area contributed by atoms with Gasteiger partial charge in [0.2, 0.25) is 0 Å². The summed E-state index contributed by atoms with van der Waals surface area (Å²) in [6, 6.07) is 5.15. The Morgan fingerprint density at radius 1 is 1.33 bits per heavy atom. The second-order valence-electron chi connectivity index (χ2n) is 3.80. The van der Waals surface area contributed by atoms with Crippen molar-refractivity contribution in [3.8, 4) is 5.75 Å². The minimum absolute atomic E-state index is 0.270. The Bertz CT molecular complexity index is 555. The second kappa shape index (κ2) is 5.61. The van der Waals surface area contributed by atoms with Crippen LogP contribution in [0, 0.1) is 6.92 Å². The third-order valence-corrected chi connectivity index (χ3v) is 2.85. The van der Waals surface area contributed by atoms with Crippen molar-refractivity contribution in [2.75, 3.05) is 0 Å². The molecule has 0 bridgehead atoms. The monoisotopic (exact) mass is 286 g/mol. The van der Waals surface area contributed by atoms with Crippen LogP contribution in [0.1, 0.15) is 17.0 Å². The predicted molar refractivity (Wildman–Crippen MR) is 69.9 cm³/mol. The van der Waals surface area contributed by atoms with E-state index < -0.39 is 0 Å². The zero-order valence-corrected chi connectivity index (χ0v) is 11.3. The summed E-state index contributed by atoms with van der Waals surface area (Å²) in [5.41, 5.74) is 7.08. The second-order valence-corrected chi connectivity index (χ2v) is 4.64. The third kappa shape index (κ3) is 2.96. The summed E-state index contributed by atoms with van der Waals surface area (Å²) in [7, 11) is 0. The SMILES string of the molecule is Cc1cc(COc2c(Cl)cc(Cl)cc2CN)no1. The number of benzene rings is 1. The van der Waals surface area contributed by atoms with Gasteiger partial charge >= 0.3 is 0 Å². The van der Waals surface area contributed by atoms with Crippen molar-refractivity contribution in [1.29, 1.82) is 0 Å². The first kappa shape index (κ1) is 13.2. The van der Waals surface area contributed by atoms with Crippen LogP contribution in [0.5, 0.6) is 5.75 Å². The number of hydrogen-bond acceptors (Lipinski definition) is 4. The minimum Gasteiger partial charge on any atom is -0.485 e. The van der Waals surface area contributed by atoms with E-state index in [-0.39, 0.29) is 6.61 Å². The van der Waals surface area contributed by atoms with Gasteiger partial charge in [0.15, 0.2) is 0 Å². The van der Waals surface area contributed by atoms with E-state index in [4.69, 9.17) is 38.2 Å². The van der Waals surface area contributed by atoms with Gasteiger partial charge in [-0.3, -0.25) is 0 Å². The molecule has 0 aliphatic heterocycles. The van der Waals surface area contributed by atoms with Crippen LogP contribution in [-0.2, 0) is 13.2 Å². The molecule has 0 atom stereocenters. The molecule has 0 saturated carbocycles. The minimum atomic E-state index is 0.270. The number of nitrogens with two attached hydrogens (primary N) is 1. The maximum absolute atomic E-state index is 6.08. The molecule has 2 rings (SSSR count). The van der Waals surface area contributed by atoms with Crippen molar-refractivity contribution in [2.45, 2.75) is 20.1 Å². The van der Waals surface area contributed by atoms with Crippen molar-refractivity contribution in [3.63, 3.8) is 0 Å². The van der Waals surface area contributed by atoms with E-state index in [1.165, 1.54) is 0 Å². The van der Waals surface area contributed by atoms with Gasteiger partial charge in [0, 0.05) is 23.2 Å². The lowest BCUT2D eigenvalue weighted by Gasteiger charge is -2.11. The molecule has 2 N–H and O–H groups in total. The Morgan fingerprint density at radius 3 is 2.72 bits per heavy atom. The van der Waals surface area contributed by atoms with Crippen molar-refractivity contribution in [2.24, 2.45) is 5.73 Å². The van der Waals surface area contributed by atoms with E-state index in [0.29, 0.717) is 28.0 Å². The lowest BCUT2D eigenvalue weighted by molar-refractivity contribution is 0.285. The van der Waals surface area contributed by atoms with E-state index in [1.807, 2.05) is 6.92 Å². The molecule has 0 amide bonds. The molecule has 1 aromatic heterocycles. The van der Waals surface area contributed by atoms with Crippen LogP contribution in [0.3, 0.4) is 0 Å². The molecule has 0 fully saturated rings. The van der Waals surface area contributed by atoms with Gasteiger partial charge < -0.3 is 15.0 Å². The Hall–Kier alpha value is -1.23. The molecule has 0 unspecified atom stereocenters. The number of nitrogens with zero attached hydrogens (tertiary/aromatic N) is 1. The topological polar surface area (TPSA) is 61.3 Å². The van der Waals surface area contributed by atoms with Gasteiger partial charge in [-0.15, -0.1) is 0 Å². The van der Waals surface area contributed by atoms with Gasteiger partial charge in [0.05, 0.1) is 5.02 Å². The fraction of sp³-hybridized carbons (Fsp3) is 0.250. The first-order valence-electron chi connectivity index (χ1n) is 5.33. The fourth-order valence-corrected chi connectivity index (χ4v) is 2.15. The molecular formula is C12H12Cl2N2O2. The zero-order chi connectivity index (χ0) is 13.1. The quantitative estimate of drug-likeness (QED) is 0.937.